The third kappa shape index (κ3) is 3.65. The molecule has 5 heteroatoms. The lowest BCUT2D eigenvalue weighted by Gasteiger charge is -2.39. The van der Waals surface area contributed by atoms with Crippen molar-refractivity contribution in [3.63, 3.8) is 0 Å². The van der Waals surface area contributed by atoms with Gasteiger partial charge in [0.25, 0.3) is 0 Å². The Morgan fingerprint density at radius 2 is 2.14 bits per heavy atom. The van der Waals surface area contributed by atoms with Crippen molar-refractivity contribution in [3.8, 4) is 5.75 Å². The van der Waals surface area contributed by atoms with Gasteiger partial charge in [-0.25, -0.2) is 4.39 Å². The lowest BCUT2D eigenvalue weighted by Crippen LogP contribution is -2.34. The minimum atomic E-state index is -0.550. The number of benzene rings is 1. The lowest BCUT2D eigenvalue weighted by atomic mass is 9.71. The second kappa shape index (κ2) is 5.92. The van der Waals surface area contributed by atoms with Crippen LogP contribution in [0.2, 0.25) is 0 Å². The van der Waals surface area contributed by atoms with E-state index in [-0.39, 0.29) is 22.9 Å². The highest BCUT2D eigenvalue weighted by molar-refractivity contribution is 5.99. The van der Waals surface area contributed by atoms with Crippen LogP contribution >= 0.6 is 0 Å². The molecule has 3 N–H and O–H groups in total. The zero-order chi connectivity index (χ0) is 15.6. The summed E-state index contributed by atoms with van der Waals surface area (Å²) >= 11 is 0. The van der Waals surface area contributed by atoms with Gasteiger partial charge in [-0.1, -0.05) is 32.0 Å². The average Bonchev–Trinajstić information content (AvgIpc) is 2.35. The highest BCUT2D eigenvalue weighted by atomic mass is 19.1. The molecule has 2 unspecified atom stereocenters. The van der Waals surface area contributed by atoms with Gasteiger partial charge in [-0.2, -0.15) is 0 Å². The van der Waals surface area contributed by atoms with E-state index >= 15 is 0 Å². The van der Waals surface area contributed by atoms with Crippen LogP contribution in [-0.2, 0) is 0 Å². The number of amidine groups is 1. The maximum absolute atomic E-state index is 13.9. The van der Waals surface area contributed by atoms with Crippen LogP contribution in [0.1, 0.15) is 45.6 Å². The predicted molar refractivity (Wildman–Crippen MR) is 80.1 cm³/mol. The summed E-state index contributed by atoms with van der Waals surface area (Å²) in [5.74, 6) is 0.0666. The molecule has 0 bridgehead atoms. The molecule has 1 aliphatic rings. The summed E-state index contributed by atoms with van der Waals surface area (Å²) in [5, 5.41) is 11.7. The molecule has 1 saturated carbocycles. The molecule has 0 heterocycles. The van der Waals surface area contributed by atoms with Gasteiger partial charge in [-0.05, 0) is 42.7 Å². The highest BCUT2D eigenvalue weighted by Crippen LogP contribution is 2.40. The molecular weight excluding hydrogens is 271 g/mol. The number of oxime groups is 1. The van der Waals surface area contributed by atoms with Crippen molar-refractivity contribution in [2.24, 2.45) is 22.2 Å². The van der Waals surface area contributed by atoms with Crippen molar-refractivity contribution in [2.75, 3.05) is 0 Å². The van der Waals surface area contributed by atoms with Crippen molar-refractivity contribution in [2.45, 2.75) is 46.1 Å². The minimum Gasteiger partial charge on any atom is -0.490 e. The summed E-state index contributed by atoms with van der Waals surface area (Å²) < 4.78 is 19.9. The maximum Gasteiger partial charge on any atom is 0.176 e. The molecule has 1 aromatic rings. The Kier molecular flexibility index (Phi) is 4.40. The Bertz CT molecular complexity index is 543. The van der Waals surface area contributed by atoms with Crippen LogP contribution in [0.5, 0.6) is 5.75 Å². The number of nitrogens with two attached hydrogens (primary N) is 1. The second-order valence-electron chi connectivity index (χ2n) is 6.75. The zero-order valence-electron chi connectivity index (χ0n) is 12.8. The fourth-order valence-electron chi connectivity index (χ4n) is 3.43. The maximum atomic E-state index is 13.9. The normalized spacial score (nSPS) is 25.6. The number of rotatable bonds is 3. The van der Waals surface area contributed by atoms with E-state index in [9.17, 15) is 4.39 Å². The lowest BCUT2D eigenvalue weighted by molar-refractivity contribution is 0.0559. The smallest absolute Gasteiger partial charge is 0.176 e. The Morgan fingerprint density at radius 1 is 1.43 bits per heavy atom. The topological polar surface area (TPSA) is 67.8 Å². The van der Waals surface area contributed by atoms with Gasteiger partial charge in [0.1, 0.15) is 11.6 Å². The monoisotopic (exact) mass is 294 g/mol. The van der Waals surface area contributed by atoms with Gasteiger partial charge in [0.2, 0.25) is 0 Å². The second-order valence-corrected chi connectivity index (χ2v) is 6.75. The molecule has 1 aliphatic carbocycles. The number of ether oxygens (including phenoxy) is 1. The molecular formula is C16H23FN2O2. The zero-order valence-corrected chi connectivity index (χ0v) is 12.8. The predicted octanol–water partition coefficient (Wildman–Crippen LogP) is 3.51. The standard InChI is InChI=1S/C16H23FN2O2/c1-10-7-11(9-16(2,3)8-10)21-13-6-4-5-12(17)14(13)15(18)19-20/h4-6,10-11,20H,7-9H2,1-3H3,(H2,18,19). The van der Waals surface area contributed by atoms with E-state index in [1.807, 2.05) is 0 Å². The molecule has 2 rings (SSSR count). The van der Waals surface area contributed by atoms with Gasteiger partial charge < -0.3 is 15.7 Å². The fraction of sp³-hybridized carbons (Fsp3) is 0.562. The Labute approximate surface area is 124 Å². The molecule has 0 saturated heterocycles. The van der Waals surface area contributed by atoms with Crippen molar-refractivity contribution >= 4 is 5.84 Å². The van der Waals surface area contributed by atoms with Gasteiger partial charge >= 0.3 is 0 Å². The van der Waals surface area contributed by atoms with E-state index in [0.717, 1.165) is 19.3 Å². The SMILES string of the molecule is CC1CC(Oc2cccc(F)c2C(N)=NO)CC(C)(C)C1. The Balaban J connectivity index is 2.26. The molecule has 2 atom stereocenters. The van der Waals surface area contributed by atoms with Crippen molar-refractivity contribution in [1.82, 2.24) is 0 Å². The highest BCUT2D eigenvalue weighted by Gasteiger charge is 2.33. The molecule has 4 nitrogen and oxygen atoms in total. The molecule has 0 amide bonds. The number of hydrogen-bond acceptors (Lipinski definition) is 3. The van der Waals surface area contributed by atoms with Crippen LogP contribution in [0.15, 0.2) is 23.4 Å². The third-order valence-electron chi connectivity index (χ3n) is 3.98. The first kappa shape index (κ1) is 15.6. The first-order valence-electron chi connectivity index (χ1n) is 7.25. The van der Waals surface area contributed by atoms with E-state index in [2.05, 4.69) is 25.9 Å². The summed E-state index contributed by atoms with van der Waals surface area (Å²) in [4.78, 5) is 0. The van der Waals surface area contributed by atoms with Crippen LogP contribution < -0.4 is 10.5 Å². The molecule has 0 radical (unpaired) electrons. The first-order valence-corrected chi connectivity index (χ1v) is 7.25. The van der Waals surface area contributed by atoms with E-state index in [1.54, 1.807) is 12.1 Å². The van der Waals surface area contributed by atoms with Gasteiger partial charge in [0, 0.05) is 0 Å². The molecule has 21 heavy (non-hydrogen) atoms. The largest absolute Gasteiger partial charge is 0.490 e. The third-order valence-corrected chi connectivity index (χ3v) is 3.98. The number of halogens is 1. The van der Waals surface area contributed by atoms with Crippen molar-refractivity contribution in [3.05, 3.63) is 29.6 Å². The molecule has 1 aromatic carbocycles. The fourth-order valence-corrected chi connectivity index (χ4v) is 3.43. The molecule has 0 aliphatic heterocycles. The minimum absolute atomic E-state index is 0.00999. The van der Waals surface area contributed by atoms with E-state index < -0.39 is 5.82 Å². The van der Waals surface area contributed by atoms with Gasteiger partial charge in [-0.3, -0.25) is 0 Å². The summed E-state index contributed by atoms with van der Waals surface area (Å²) in [6.07, 6.45) is 3.00. The number of hydrogen-bond donors (Lipinski definition) is 2. The number of nitrogens with zero attached hydrogens (tertiary/aromatic N) is 1. The quantitative estimate of drug-likeness (QED) is 0.388. The van der Waals surface area contributed by atoms with E-state index in [4.69, 9.17) is 15.7 Å². The van der Waals surface area contributed by atoms with E-state index in [0.29, 0.717) is 11.7 Å². The van der Waals surface area contributed by atoms with Crippen LogP contribution in [0.25, 0.3) is 0 Å². The van der Waals surface area contributed by atoms with Crippen LogP contribution in [0.3, 0.4) is 0 Å². The molecule has 0 aromatic heterocycles. The molecule has 1 fully saturated rings. The summed E-state index contributed by atoms with van der Waals surface area (Å²) in [6, 6.07) is 4.49. The van der Waals surface area contributed by atoms with Gasteiger partial charge in [0.05, 0.1) is 11.7 Å². The first-order chi connectivity index (χ1) is 9.82. The van der Waals surface area contributed by atoms with Crippen molar-refractivity contribution < 1.29 is 14.3 Å². The van der Waals surface area contributed by atoms with Gasteiger partial charge in [-0.15, -0.1) is 0 Å². The summed E-state index contributed by atoms with van der Waals surface area (Å²) in [5.41, 5.74) is 5.79. The van der Waals surface area contributed by atoms with Crippen LogP contribution in [-0.4, -0.2) is 17.1 Å². The average molecular weight is 294 g/mol. The summed E-state index contributed by atoms with van der Waals surface area (Å²) in [7, 11) is 0. The summed E-state index contributed by atoms with van der Waals surface area (Å²) in [6.45, 7) is 6.64. The van der Waals surface area contributed by atoms with Crippen LogP contribution in [0.4, 0.5) is 4.39 Å². The Hall–Kier alpha value is -1.78. The van der Waals surface area contributed by atoms with Crippen LogP contribution in [0, 0.1) is 17.2 Å². The van der Waals surface area contributed by atoms with Crippen molar-refractivity contribution in [1.29, 1.82) is 0 Å². The molecule has 116 valence electrons. The Morgan fingerprint density at radius 3 is 2.76 bits per heavy atom. The van der Waals surface area contributed by atoms with E-state index in [1.165, 1.54) is 6.07 Å². The molecule has 0 spiro atoms. The van der Waals surface area contributed by atoms with Gasteiger partial charge in [0.15, 0.2) is 5.84 Å².